The molecule has 0 radical (unpaired) electrons. The maximum absolute atomic E-state index is 3.73. The molecule has 8 aromatic rings. The van der Waals surface area contributed by atoms with Crippen LogP contribution in [0.25, 0.3) is 75.0 Å². The zero-order chi connectivity index (χ0) is 23.6. The van der Waals surface area contributed by atoms with Crippen LogP contribution >= 0.6 is 11.3 Å². The van der Waals surface area contributed by atoms with Crippen molar-refractivity contribution in [1.82, 2.24) is 4.98 Å². The SMILES string of the molecule is c1ccc(-c2ccc3[nH]c4c(-c5ccc6c(c5)sc5ccc7ccccc7c56)cccc4c3c2)cc1. The molecule has 0 amide bonds. The van der Waals surface area contributed by atoms with E-state index in [9.17, 15) is 0 Å². The summed E-state index contributed by atoms with van der Waals surface area (Å²) in [6, 6.07) is 44.2. The van der Waals surface area contributed by atoms with Gasteiger partial charge >= 0.3 is 0 Å². The Bertz CT molecular complexity index is 2090. The second-order valence-corrected chi connectivity index (χ2v) is 10.5. The Kier molecular flexibility index (Phi) is 4.16. The summed E-state index contributed by atoms with van der Waals surface area (Å²) in [4.78, 5) is 3.73. The van der Waals surface area contributed by atoms with E-state index in [2.05, 4.69) is 126 Å². The fraction of sp³-hybridized carbons (Fsp3) is 0. The summed E-state index contributed by atoms with van der Waals surface area (Å²) in [5.74, 6) is 0. The van der Waals surface area contributed by atoms with Crippen molar-refractivity contribution in [2.45, 2.75) is 0 Å². The maximum atomic E-state index is 3.73. The van der Waals surface area contributed by atoms with E-state index >= 15 is 0 Å². The lowest BCUT2D eigenvalue weighted by Gasteiger charge is -2.05. The van der Waals surface area contributed by atoms with Crippen molar-refractivity contribution in [3.63, 3.8) is 0 Å². The highest BCUT2D eigenvalue weighted by Gasteiger charge is 2.13. The Morgan fingerprint density at radius 2 is 1.31 bits per heavy atom. The summed E-state index contributed by atoms with van der Waals surface area (Å²) < 4.78 is 2.68. The molecule has 2 aromatic heterocycles. The van der Waals surface area contributed by atoms with Crippen LogP contribution in [0.2, 0.25) is 0 Å². The summed E-state index contributed by atoms with van der Waals surface area (Å²) in [5, 5.41) is 7.88. The van der Waals surface area contributed by atoms with Gasteiger partial charge in [-0.3, -0.25) is 0 Å². The van der Waals surface area contributed by atoms with E-state index in [1.165, 1.54) is 75.0 Å². The smallest absolute Gasteiger partial charge is 0.0544 e. The molecule has 36 heavy (non-hydrogen) atoms. The summed E-state index contributed by atoms with van der Waals surface area (Å²) >= 11 is 1.89. The van der Waals surface area contributed by atoms with Crippen LogP contribution < -0.4 is 0 Å². The zero-order valence-electron chi connectivity index (χ0n) is 19.5. The normalized spacial score (nSPS) is 11.9. The predicted molar refractivity (Wildman–Crippen MR) is 157 cm³/mol. The third-order valence-corrected chi connectivity index (χ3v) is 8.53. The third-order valence-electron chi connectivity index (χ3n) is 7.41. The molecule has 0 aliphatic rings. The standard InChI is InChI=1S/C34H21NS/c1-2-7-21(8-3-1)23-14-17-30-29(19-23)27-12-6-11-26(34(27)35-30)24-13-16-28-32(20-24)36-31-18-15-22-9-4-5-10-25(22)33(28)31/h1-20,35H. The minimum absolute atomic E-state index is 1.17. The first-order valence-electron chi connectivity index (χ1n) is 12.3. The van der Waals surface area contributed by atoms with Gasteiger partial charge in [-0.1, -0.05) is 97.1 Å². The second kappa shape index (κ2) is 7.55. The average Bonchev–Trinajstić information content (AvgIpc) is 3.51. The molecule has 0 atom stereocenters. The minimum Gasteiger partial charge on any atom is -0.354 e. The molecule has 2 heteroatoms. The van der Waals surface area contributed by atoms with Gasteiger partial charge in [0, 0.05) is 42.0 Å². The number of para-hydroxylation sites is 1. The lowest BCUT2D eigenvalue weighted by atomic mass is 9.98. The molecule has 1 nitrogen and oxygen atoms in total. The lowest BCUT2D eigenvalue weighted by molar-refractivity contribution is 1.54. The molecule has 0 saturated heterocycles. The molecule has 0 fully saturated rings. The van der Waals surface area contributed by atoms with Gasteiger partial charge in [-0.2, -0.15) is 0 Å². The van der Waals surface area contributed by atoms with Crippen molar-refractivity contribution < 1.29 is 0 Å². The van der Waals surface area contributed by atoms with Crippen LogP contribution in [0.15, 0.2) is 121 Å². The molecule has 0 aliphatic heterocycles. The van der Waals surface area contributed by atoms with Crippen molar-refractivity contribution >= 4 is 64.1 Å². The van der Waals surface area contributed by atoms with E-state index in [0.29, 0.717) is 0 Å². The van der Waals surface area contributed by atoms with Crippen LogP contribution in [0.1, 0.15) is 0 Å². The van der Waals surface area contributed by atoms with Gasteiger partial charge in [0.05, 0.1) is 5.52 Å². The van der Waals surface area contributed by atoms with Gasteiger partial charge in [0.2, 0.25) is 0 Å². The van der Waals surface area contributed by atoms with Crippen molar-refractivity contribution in [3.8, 4) is 22.3 Å². The van der Waals surface area contributed by atoms with Gasteiger partial charge in [0.1, 0.15) is 0 Å². The molecule has 0 bridgehead atoms. The van der Waals surface area contributed by atoms with E-state index in [1.54, 1.807) is 0 Å². The van der Waals surface area contributed by atoms with Crippen LogP contribution in [0.3, 0.4) is 0 Å². The Balaban J connectivity index is 1.33. The van der Waals surface area contributed by atoms with Gasteiger partial charge in [-0.05, 0) is 51.7 Å². The largest absolute Gasteiger partial charge is 0.354 e. The number of H-pyrrole nitrogens is 1. The quantitative estimate of drug-likeness (QED) is 0.256. The highest BCUT2D eigenvalue weighted by atomic mass is 32.1. The first-order valence-corrected chi connectivity index (χ1v) is 13.1. The predicted octanol–water partition coefficient (Wildman–Crippen LogP) is 10.2. The van der Waals surface area contributed by atoms with E-state index in [0.717, 1.165) is 0 Å². The first-order chi connectivity index (χ1) is 17.8. The highest BCUT2D eigenvalue weighted by molar-refractivity contribution is 7.26. The molecule has 0 saturated carbocycles. The van der Waals surface area contributed by atoms with E-state index in [-0.39, 0.29) is 0 Å². The Morgan fingerprint density at radius 1 is 0.472 bits per heavy atom. The van der Waals surface area contributed by atoms with E-state index < -0.39 is 0 Å². The number of aromatic nitrogens is 1. The van der Waals surface area contributed by atoms with E-state index in [4.69, 9.17) is 0 Å². The summed E-state index contributed by atoms with van der Waals surface area (Å²) in [5.41, 5.74) is 7.35. The number of benzene rings is 6. The highest BCUT2D eigenvalue weighted by Crippen LogP contribution is 2.41. The maximum Gasteiger partial charge on any atom is 0.0544 e. The van der Waals surface area contributed by atoms with Gasteiger partial charge in [0.25, 0.3) is 0 Å². The Labute approximate surface area is 212 Å². The number of thiophene rings is 1. The minimum atomic E-state index is 1.17. The average molecular weight is 476 g/mol. The van der Waals surface area contributed by atoms with Crippen LogP contribution in [0.5, 0.6) is 0 Å². The van der Waals surface area contributed by atoms with Crippen molar-refractivity contribution in [1.29, 1.82) is 0 Å². The molecule has 8 rings (SSSR count). The zero-order valence-corrected chi connectivity index (χ0v) is 20.3. The molecule has 0 aliphatic carbocycles. The molecule has 168 valence electrons. The molecule has 2 heterocycles. The molecular formula is C34H21NS. The Morgan fingerprint density at radius 3 is 2.25 bits per heavy atom. The van der Waals surface area contributed by atoms with Crippen molar-refractivity contribution in [3.05, 3.63) is 121 Å². The second-order valence-electron chi connectivity index (χ2n) is 9.45. The molecular weight excluding hydrogens is 454 g/mol. The summed E-state index contributed by atoms with van der Waals surface area (Å²) in [6.45, 7) is 0. The van der Waals surface area contributed by atoms with Crippen LogP contribution in [0, 0.1) is 0 Å². The third kappa shape index (κ3) is 2.89. The number of hydrogen-bond acceptors (Lipinski definition) is 1. The molecule has 6 aromatic carbocycles. The summed E-state index contributed by atoms with van der Waals surface area (Å²) in [7, 11) is 0. The number of fused-ring (bicyclic) bond motifs is 8. The first kappa shape index (κ1) is 19.9. The van der Waals surface area contributed by atoms with Crippen molar-refractivity contribution in [2.24, 2.45) is 0 Å². The fourth-order valence-electron chi connectivity index (χ4n) is 5.69. The Hall–Kier alpha value is -4.40. The van der Waals surface area contributed by atoms with Gasteiger partial charge in [-0.25, -0.2) is 0 Å². The number of rotatable bonds is 2. The molecule has 0 unspecified atom stereocenters. The van der Waals surface area contributed by atoms with Crippen LogP contribution in [-0.4, -0.2) is 4.98 Å². The summed E-state index contributed by atoms with van der Waals surface area (Å²) in [6.07, 6.45) is 0. The fourth-order valence-corrected chi connectivity index (χ4v) is 6.85. The van der Waals surface area contributed by atoms with Crippen LogP contribution in [0.4, 0.5) is 0 Å². The van der Waals surface area contributed by atoms with Gasteiger partial charge < -0.3 is 4.98 Å². The monoisotopic (exact) mass is 475 g/mol. The number of hydrogen-bond donors (Lipinski definition) is 1. The van der Waals surface area contributed by atoms with Gasteiger partial charge in [0.15, 0.2) is 0 Å². The van der Waals surface area contributed by atoms with E-state index in [1.807, 2.05) is 11.3 Å². The number of nitrogens with one attached hydrogen (secondary N) is 1. The molecule has 1 N–H and O–H groups in total. The number of aromatic amines is 1. The molecule has 0 spiro atoms. The van der Waals surface area contributed by atoms with Crippen LogP contribution in [-0.2, 0) is 0 Å². The topological polar surface area (TPSA) is 15.8 Å². The van der Waals surface area contributed by atoms with Gasteiger partial charge in [-0.15, -0.1) is 11.3 Å². The van der Waals surface area contributed by atoms with Crippen molar-refractivity contribution in [2.75, 3.05) is 0 Å². The lowest BCUT2D eigenvalue weighted by Crippen LogP contribution is -1.80.